The SMILES string of the molecule is CCCCCCCCCCCCN(CCN(CCN(CCN(CC(=O)O)CC(=O)O)CC(=O)O)CC(=O)O)CC(=O)O. The number of carboxylic acid groups (broad SMARTS) is 5. The Labute approximate surface area is 248 Å². The first-order valence-electron chi connectivity index (χ1n) is 14.9. The van der Waals surface area contributed by atoms with Crippen molar-refractivity contribution in [1.82, 2.24) is 19.6 Å². The number of carboxylic acids is 5. The Balaban J connectivity index is 4.88. The summed E-state index contributed by atoms with van der Waals surface area (Å²) in [6.07, 6.45) is 11.6. The third-order valence-electron chi connectivity index (χ3n) is 6.82. The van der Waals surface area contributed by atoms with Crippen LogP contribution >= 0.6 is 0 Å². The zero-order chi connectivity index (χ0) is 31.8. The average molecular weight is 605 g/mol. The monoisotopic (exact) mass is 604 g/mol. The fraction of sp³-hybridized carbons (Fsp3) is 0.821. The molecular weight excluding hydrogens is 552 g/mol. The summed E-state index contributed by atoms with van der Waals surface area (Å²) in [5.41, 5.74) is 0. The molecule has 0 fully saturated rings. The van der Waals surface area contributed by atoms with E-state index in [9.17, 15) is 39.3 Å². The van der Waals surface area contributed by atoms with E-state index in [0.717, 1.165) is 25.7 Å². The molecule has 0 aromatic carbocycles. The predicted octanol–water partition coefficient (Wildman–Crippen LogP) is 1.54. The van der Waals surface area contributed by atoms with E-state index < -0.39 is 49.5 Å². The highest BCUT2D eigenvalue weighted by Gasteiger charge is 2.19. The quantitative estimate of drug-likeness (QED) is 0.0739. The maximum absolute atomic E-state index is 11.5. The molecule has 0 rings (SSSR count). The van der Waals surface area contributed by atoms with Crippen molar-refractivity contribution in [2.24, 2.45) is 0 Å². The van der Waals surface area contributed by atoms with Gasteiger partial charge in [-0.25, -0.2) is 0 Å². The van der Waals surface area contributed by atoms with Crippen molar-refractivity contribution in [3.8, 4) is 0 Å². The lowest BCUT2D eigenvalue weighted by atomic mass is 10.1. The van der Waals surface area contributed by atoms with Crippen LogP contribution in [0.15, 0.2) is 0 Å². The van der Waals surface area contributed by atoms with Crippen molar-refractivity contribution in [2.45, 2.75) is 71.1 Å². The van der Waals surface area contributed by atoms with Gasteiger partial charge in [0.1, 0.15) is 0 Å². The summed E-state index contributed by atoms with van der Waals surface area (Å²) in [6.45, 7) is 1.86. The van der Waals surface area contributed by atoms with Crippen molar-refractivity contribution in [1.29, 1.82) is 0 Å². The van der Waals surface area contributed by atoms with Crippen LogP contribution in [-0.4, -0.2) is 154 Å². The minimum atomic E-state index is -1.21. The van der Waals surface area contributed by atoms with Gasteiger partial charge in [0.2, 0.25) is 0 Å². The lowest BCUT2D eigenvalue weighted by Gasteiger charge is -2.29. The van der Waals surface area contributed by atoms with Gasteiger partial charge in [0, 0.05) is 39.3 Å². The molecule has 14 heteroatoms. The van der Waals surface area contributed by atoms with E-state index in [2.05, 4.69) is 6.92 Å². The third kappa shape index (κ3) is 24.9. The lowest BCUT2D eigenvalue weighted by Crippen LogP contribution is -2.46. The smallest absolute Gasteiger partial charge is 0.317 e. The van der Waals surface area contributed by atoms with E-state index in [4.69, 9.17) is 10.2 Å². The van der Waals surface area contributed by atoms with Gasteiger partial charge in [-0.1, -0.05) is 64.7 Å². The van der Waals surface area contributed by atoms with Gasteiger partial charge >= 0.3 is 29.8 Å². The second-order valence-corrected chi connectivity index (χ2v) is 10.7. The summed E-state index contributed by atoms with van der Waals surface area (Å²) < 4.78 is 0. The summed E-state index contributed by atoms with van der Waals surface area (Å²) in [6, 6.07) is 0. The lowest BCUT2D eigenvalue weighted by molar-refractivity contribution is -0.143. The molecule has 0 heterocycles. The molecule has 0 saturated carbocycles. The van der Waals surface area contributed by atoms with E-state index in [1.807, 2.05) is 0 Å². The van der Waals surface area contributed by atoms with Crippen LogP contribution in [0.1, 0.15) is 71.1 Å². The average Bonchev–Trinajstić information content (AvgIpc) is 2.87. The molecule has 0 bridgehead atoms. The van der Waals surface area contributed by atoms with Crippen LogP contribution < -0.4 is 0 Å². The molecule has 0 amide bonds. The Morgan fingerprint density at radius 3 is 0.905 bits per heavy atom. The van der Waals surface area contributed by atoms with Crippen LogP contribution in [0.4, 0.5) is 0 Å². The first kappa shape index (κ1) is 39.2. The van der Waals surface area contributed by atoms with E-state index in [-0.39, 0.29) is 45.8 Å². The van der Waals surface area contributed by atoms with Gasteiger partial charge in [0.15, 0.2) is 0 Å². The molecule has 0 saturated heterocycles. The van der Waals surface area contributed by atoms with Crippen LogP contribution in [0.3, 0.4) is 0 Å². The maximum Gasteiger partial charge on any atom is 0.317 e. The Morgan fingerprint density at radius 2 is 0.595 bits per heavy atom. The van der Waals surface area contributed by atoms with Crippen LogP contribution in [0.2, 0.25) is 0 Å². The molecule has 0 aromatic rings. The highest BCUT2D eigenvalue weighted by molar-refractivity contribution is 5.72. The largest absolute Gasteiger partial charge is 0.480 e. The molecule has 244 valence electrons. The fourth-order valence-corrected chi connectivity index (χ4v) is 4.65. The second kappa shape index (κ2) is 24.8. The third-order valence-corrected chi connectivity index (χ3v) is 6.82. The van der Waals surface area contributed by atoms with Crippen molar-refractivity contribution < 1.29 is 49.5 Å². The summed E-state index contributed by atoms with van der Waals surface area (Å²) in [5, 5.41) is 46.0. The molecule has 14 nitrogen and oxygen atoms in total. The number of hydrogen-bond acceptors (Lipinski definition) is 9. The van der Waals surface area contributed by atoms with E-state index in [0.29, 0.717) is 13.1 Å². The van der Waals surface area contributed by atoms with Gasteiger partial charge in [-0.3, -0.25) is 43.6 Å². The second-order valence-electron chi connectivity index (χ2n) is 10.7. The van der Waals surface area contributed by atoms with Crippen LogP contribution in [-0.2, 0) is 24.0 Å². The molecule has 0 aliphatic rings. The summed E-state index contributed by atoms with van der Waals surface area (Å²) >= 11 is 0. The molecule has 0 aliphatic carbocycles. The number of rotatable bonds is 30. The molecule has 0 unspecified atom stereocenters. The van der Waals surface area contributed by atoms with Crippen LogP contribution in [0, 0.1) is 0 Å². The summed E-state index contributed by atoms with van der Waals surface area (Å²) in [7, 11) is 0. The number of nitrogens with zero attached hydrogens (tertiary/aromatic N) is 4. The standard InChI is InChI=1S/C28H52N4O10/c1-2-3-4-5-6-7-8-9-10-11-12-29(19-24(33)34)13-14-30(20-25(35)36)15-16-31(21-26(37)38)17-18-32(22-27(39)40)23-28(41)42/h2-23H2,1H3,(H,33,34)(H,35,36)(H,37,38)(H,39,40)(H,41,42). The highest BCUT2D eigenvalue weighted by Crippen LogP contribution is 2.11. The minimum Gasteiger partial charge on any atom is -0.480 e. The first-order valence-corrected chi connectivity index (χ1v) is 14.9. The highest BCUT2D eigenvalue weighted by atomic mass is 16.4. The van der Waals surface area contributed by atoms with Gasteiger partial charge in [-0.2, -0.15) is 0 Å². The zero-order valence-electron chi connectivity index (χ0n) is 25.1. The van der Waals surface area contributed by atoms with Gasteiger partial charge < -0.3 is 25.5 Å². The molecular formula is C28H52N4O10. The summed E-state index contributed by atoms with van der Waals surface area (Å²) in [5.74, 6) is -5.60. The molecule has 0 aromatic heterocycles. The molecule has 5 N–H and O–H groups in total. The number of aliphatic carboxylic acids is 5. The van der Waals surface area contributed by atoms with Crippen LogP contribution in [0.5, 0.6) is 0 Å². The molecule has 42 heavy (non-hydrogen) atoms. The van der Waals surface area contributed by atoms with Gasteiger partial charge in [-0.05, 0) is 13.0 Å². The molecule has 0 atom stereocenters. The Kier molecular flexibility index (Phi) is 23.1. The molecule has 0 spiro atoms. The number of hydrogen-bond donors (Lipinski definition) is 5. The Bertz CT molecular complexity index is 783. The van der Waals surface area contributed by atoms with Crippen molar-refractivity contribution in [3.05, 3.63) is 0 Å². The van der Waals surface area contributed by atoms with Crippen molar-refractivity contribution in [2.75, 3.05) is 78.5 Å². The van der Waals surface area contributed by atoms with Crippen LogP contribution in [0.25, 0.3) is 0 Å². The molecule has 0 radical (unpaired) electrons. The minimum absolute atomic E-state index is 0.00391. The Hall–Kier alpha value is -2.81. The normalized spacial score (nSPS) is 11.5. The fourth-order valence-electron chi connectivity index (χ4n) is 4.65. The topological polar surface area (TPSA) is 199 Å². The first-order chi connectivity index (χ1) is 19.9. The van der Waals surface area contributed by atoms with Gasteiger partial charge in [0.05, 0.1) is 32.7 Å². The van der Waals surface area contributed by atoms with Gasteiger partial charge in [-0.15, -0.1) is 0 Å². The number of unbranched alkanes of at least 4 members (excludes halogenated alkanes) is 9. The number of carbonyl (C=O) groups is 5. The Morgan fingerprint density at radius 1 is 0.357 bits per heavy atom. The van der Waals surface area contributed by atoms with Crippen molar-refractivity contribution >= 4 is 29.8 Å². The molecule has 0 aliphatic heterocycles. The maximum atomic E-state index is 11.5. The predicted molar refractivity (Wildman–Crippen MR) is 156 cm³/mol. The van der Waals surface area contributed by atoms with E-state index >= 15 is 0 Å². The zero-order valence-corrected chi connectivity index (χ0v) is 25.1. The van der Waals surface area contributed by atoms with E-state index in [1.54, 1.807) is 9.80 Å². The summed E-state index contributed by atoms with van der Waals surface area (Å²) in [4.78, 5) is 62.4. The van der Waals surface area contributed by atoms with E-state index in [1.165, 1.54) is 48.3 Å². The van der Waals surface area contributed by atoms with Gasteiger partial charge in [0.25, 0.3) is 0 Å². The van der Waals surface area contributed by atoms with Crippen molar-refractivity contribution in [3.63, 3.8) is 0 Å².